The van der Waals surface area contributed by atoms with E-state index in [0.717, 1.165) is 5.56 Å². The van der Waals surface area contributed by atoms with Crippen molar-refractivity contribution in [1.29, 1.82) is 0 Å². The van der Waals surface area contributed by atoms with Gasteiger partial charge in [0.25, 0.3) is 0 Å². The van der Waals surface area contributed by atoms with Crippen LogP contribution >= 0.6 is 0 Å². The molecule has 0 aromatic heterocycles. The molecule has 1 heterocycles. The van der Waals surface area contributed by atoms with Gasteiger partial charge >= 0.3 is 17.8 Å². The minimum absolute atomic E-state index is 0.222. The van der Waals surface area contributed by atoms with Gasteiger partial charge in [-0.3, -0.25) is 14.4 Å². The molecule has 6 heteroatoms. The number of carbonyl (C=O) groups is 3. The van der Waals surface area contributed by atoms with Gasteiger partial charge in [-0.1, -0.05) is 37.3 Å². The van der Waals surface area contributed by atoms with Gasteiger partial charge in [0.15, 0.2) is 0 Å². The van der Waals surface area contributed by atoms with Crippen molar-refractivity contribution in [3.63, 3.8) is 0 Å². The minimum atomic E-state index is -0.745. The molecule has 1 aliphatic heterocycles. The molecule has 2 amide bonds. The predicted molar refractivity (Wildman–Crippen MR) is 68.6 cm³/mol. The van der Waals surface area contributed by atoms with Crippen molar-refractivity contribution < 1.29 is 19.5 Å². The molecule has 1 aromatic rings. The molecule has 100 valence electrons. The van der Waals surface area contributed by atoms with Crippen LogP contribution in [0.2, 0.25) is 0 Å². The summed E-state index contributed by atoms with van der Waals surface area (Å²) in [6.07, 6.45) is 1.92. The number of benzene rings is 1. The van der Waals surface area contributed by atoms with Crippen LogP contribution in [-0.4, -0.2) is 22.9 Å². The number of amides is 2. The number of aliphatic carboxylic acids is 1. The molecule has 1 fully saturated rings. The monoisotopic (exact) mass is 262 g/mol. The molecule has 19 heavy (non-hydrogen) atoms. The van der Waals surface area contributed by atoms with Crippen molar-refractivity contribution in [1.82, 2.24) is 10.6 Å². The summed E-state index contributed by atoms with van der Waals surface area (Å²) in [5.74, 6) is -1.56. The Kier molecular flexibility index (Phi) is 5.28. The Bertz CT molecular complexity index is 491. The molecular formula is C13H14N2O4. The zero-order valence-corrected chi connectivity index (χ0v) is 10.3. The molecule has 3 N–H and O–H groups in total. The summed E-state index contributed by atoms with van der Waals surface area (Å²) in [6.45, 7) is 1.60. The van der Waals surface area contributed by atoms with Gasteiger partial charge < -0.3 is 15.7 Å². The highest BCUT2D eigenvalue weighted by molar-refractivity contribution is 6.38. The molecule has 0 bridgehead atoms. The van der Waals surface area contributed by atoms with Crippen LogP contribution in [0, 0.1) is 0 Å². The van der Waals surface area contributed by atoms with Gasteiger partial charge in [0.2, 0.25) is 0 Å². The third kappa shape index (κ3) is 5.03. The maximum atomic E-state index is 10.8. The van der Waals surface area contributed by atoms with E-state index in [-0.39, 0.29) is 6.42 Å². The van der Waals surface area contributed by atoms with Crippen LogP contribution in [0.4, 0.5) is 0 Å². The molecule has 0 atom stereocenters. The largest absolute Gasteiger partial charge is 0.481 e. The molecule has 2 rings (SSSR count). The fraction of sp³-hybridized carbons (Fsp3) is 0.154. The zero-order chi connectivity index (χ0) is 14.3. The van der Waals surface area contributed by atoms with Gasteiger partial charge in [0.1, 0.15) is 5.82 Å². The highest BCUT2D eigenvalue weighted by Gasteiger charge is 2.23. The first-order valence-electron chi connectivity index (χ1n) is 5.63. The predicted octanol–water partition coefficient (Wildman–Crippen LogP) is 0.712. The highest BCUT2D eigenvalue weighted by atomic mass is 16.4. The average Bonchev–Trinajstić information content (AvgIpc) is 2.70. The summed E-state index contributed by atoms with van der Waals surface area (Å²) in [5, 5.41) is 12.5. The SMILES string of the molecule is CCC(=O)O.O=C1NC(=Cc2ccccc2)NC1=O. The van der Waals surface area contributed by atoms with Crippen LogP contribution in [0.1, 0.15) is 18.9 Å². The second-order valence-corrected chi connectivity index (χ2v) is 3.62. The van der Waals surface area contributed by atoms with Crippen molar-refractivity contribution in [3.8, 4) is 0 Å². The van der Waals surface area contributed by atoms with Crippen LogP contribution < -0.4 is 10.6 Å². The van der Waals surface area contributed by atoms with Gasteiger partial charge in [0, 0.05) is 6.42 Å². The normalized spacial score (nSPS) is 13.0. The van der Waals surface area contributed by atoms with Crippen LogP contribution in [0.15, 0.2) is 36.2 Å². The number of nitrogens with one attached hydrogen (secondary N) is 2. The van der Waals surface area contributed by atoms with Crippen molar-refractivity contribution in [2.75, 3.05) is 0 Å². The van der Waals surface area contributed by atoms with Gasteiger partial charge in [-0.15, -0.1) is 0 Å². The highest BCUT2D eigenvalue weighted by Crippen LogP contribution is 2.04. The quantitative estimate of drug-likeness (QED) is 0.684. The molecular weight excluding hydrogens is 248 g/mol. The molecule has 1 aliphatic rings. The fourth-order valence-corrected chi connectivity index (χ4v) is 1.18. The Hall–Kier alpha value is -2.63. The fourth-order valence-electron chi connectivity index (χ4n) is 1.18. The third-order valence-electron chi connectivity index (χ3n) is 2.12. The van der Waals surface area contributed by atoms with E-state index in [1.807, 2.05) is 30.3 Å². The Morgan fingerprint density at radius 2 is 1.63 bits per heavy atom. The number of carbonyl (C=O) groups excluding carboxylic acids is 2. The molecule has 0 aliphatic carbocycles. The molecule has 1 saturated heterocycles. The van der Waals surface area contributed by atoms with Crippen molar-refractivity contribution in [3.05, 3.63) is 41.7 Å². The van der Waals surface area contributed by atoms with Crippen molar-refractivity contribution >= 4 is 23.9 Å². The average molecular weight is 262 g/mol. The van der Waals surface area contributed by atoms with Crippen molar-refractivity contribution in [2.45, 2.75) is 13.3 Å². The van der Waals surface area contributed by atoms with E-state index >= 15 is 0 Å². The molecule has 0 saturated carbocycles. The van der Waals surface area contributed by atoms with Gasteiger partial charge in [0.05, 0.1) is 0 Å². The zero-order valence-electron chi connectivity index (χ0n) is 10.3. The van der Waals surface area contributed by atoms with E-state index in [2.05, 4.69) is 10.6 Å². The summed E-state index contributed by atoms with van der Waals surface area (Å²) in [4.78, 5) is 31.0. The first kappa shape index (κ1) is 14.4. The lowest BCUT2D eigenvalue weighted by molar-refractivity contribution is -0.136. The molecule has 0 unspecified atom stereocenters. The van der Waals surface area contributed by atoms with Gasteiger partial charge in [-0.2, -0.15) is 0 Å². The number of hydrogen-bond donors (Lipinski definition) is 3. The molecule has 6 nitrogen and oxygen atoms in total. The summed E-state index contributed by atoms with van der Waals surface area (Å²) < 4.78 is 0. The van der Waals surface area contributed by atoms with Gasteiger partial charge in [-0.05, 0) is 11.6 Å². The van der Waals surface area contributed by atoms with Crippen LogP contribution in [0.5, 0.6) is 0 Å². The van der Waals surface area contributed by atoms with E-state index in [0.29, 0.717) is 5.82 Å². The van der Waals surface area contributed by atoms with Crippen LogP contribution in [0.3, 0.4) is 0 Å². The Balaban J connectivity index is 0.000000312. The van der Waals surface area contributed by atoms with E-state index in [4.69, 9.17) is 5.11 Å². The van der Waals surface area contributed by atoms with E-state index in [1.165, 1.54) is 0 Å². The Morgan fingerprint density at radius 1 is 1.16 bits per heavy atom. The maximum Gasteiger partial charge on any atom is 0.315 e. The first-order chi connectivity index (χ1) is 9.02. The van der Waals surface area contributed by atoms with E-state index in [1.54, 1.807) is 13.0 Å². The minimum Gasteiger partial charge on any atom is -0.481 e. The first-order valence-corrected chi connectivity index (χ1v) is 5.63. The second-order valence-electron chi connectivity index (χ2n) is 3.62. The van der Waals surface area contributed by atoms with E-state index in [9.17, 15) is 14.4 Å². The lowest BCUT2D eigenvalue weighted by atomic mass is 10.2. The lowest BCUT2D eigenvalue weighted by Crippen LogP contribution is -2.19. The summed E-state index contributed by atoms with van der Waals surface area (Å²) in [5.41, 5.74) is 0.921. The third-order valence-corrected chi connectivity index (χ3v) is 2.12. The number of carboxylic acid groups (broad SMARTS) is 1. The van der Waals surface area contributed by atoms with E-state index < -0.39 is 17.8 Å². The molecule has 0 radical (unpaired) electrons. The number of rotatable bonds is 2. The van der Waals surface area contributed by atoms with Gasteiger partial charge in [-0.25, -0.2) is 0 Å². The van der Waals surface area contributed by atoms with Crippen molar-refractivity contribution in [2.24, 2.45) is 0 Å². The molecule has 0 spiro atoms. The topological polar surface area (TPSA) is 95.5 Å². The van der Waals surface area contributed by atoms with Crippen LogP contribution in [-0.2, 0) is 14.4 Å². The summed E-state index contributed by atoms with van der Waals surface area (Å²) >= 11 is 0. The number of hydrogen-bond acceptors (Lipinski definition) is 3. The second kappa shape index (κ2) is 6.95. The summed E-state index contributed by atoms with van der Waals surface area (Å²) in [7, 11) is 0. The molecule has 1 aromatic carbocycles. The Labute approximate surface area is 110 Å². The standard InChI is InChI=1S/C10H8N2O2.C3H6O2/c13-9-10(14)12-8(11-9)6-7-4-2-1-3-5-7;1-2-3(4)5/h1-6H,(H,11,13)(H,12,14);2H2,1H3,(H,4,5). The number of carboxylic acids is 1. The lowest BCUT2D eigenvalue weighted by Gasteiger charge is -1.96. The Morgan fingerprint density at radius 3 is 2.05 bits per heavy atom. The smallest absolute Gasteiger partial charge is 0.315 e. The summed E-state index contributed by atoms with van der Waals surface area (Å²) in [6, 6.07) is 9.41. The van der Waals surface area contributed by atoms with Crippen LogP contribution in [0.25, 0.3) is 6.08 Å². The maximum absolute atomic E-state index is 10.8.